The molecule has 0 atom stereocenters. The fourth-order valence-electron chi connectivity index (χ4n) is 3.03. The Hall–Kier alpha value is -2.90. The van der Waals surface area contributed by atoms with E-state index in [2.05, 4.69) is 36.5 Å². The molecule has 6 nitrogen and oxygen atoms in total. The van der Waals surface area contributed by atoms with E-state index < -0.39 is 0 Å². The molecule has 0 saturated heterocycles. The van der Waals surface area contributed by atoms with Gasteiger partial charge in [0, 0.05) is 23.1 Å². The van der Waals surface area contributed by atoms with E-state index in [9.17, 15) is 4.79 Å². The van der Waals surface area contributed by atoms with Crippen LogP contribution in [0.1, 0.15) is 21.6 Å². The first-order chi connectivity index (χ1) is 14.0. The van der Waals surface area contributed by atoms with Gasteiger partial charge in [0.2, 0.25) is 0 Å². The van der Waals surface area contributed by atoms with Crippen molar-refractivity contribution in [2.75, 3.05) is 28.3 Å². The molecule has 0 aliphatic rings. The number of rotatable bonds is 8. The Bertz CT molecular complexity index is 985. The summed E-state index contributed by atoms with van der Waals surface area (Å²) in [6, 6.07) is 13.8. The van der Waals surface area contributed by atoms with Crippen molar-refractivity contribution in [3.8, 4) is 22.1 Å². The van der Waals surface area contributed by atoms with Gasteiger partial charge in [0.15, 0.2) is 11.5 Å². The molecule has 0 saturated carbocycles. The average molecular weight is 413 g/mol. The van der Waals surface area contributed by atoms with Crippen LogP contribution in [-0.4, -0.2) is 39.2 Å². The van der Waals surface area contributed by atoms with Crippen molar-refractivity contribution in [1.82, 2.24) is 10.3 Å². The van der Waals surface area contributed by atoms with Gasteiger partial charge in [-0.25, -0.2) is 4.98 Å². The minimum absolute atomic E-state index is 0.181. The number of ether oxygens (including phenoxy) is 2. The van der Waals surface area contributed by atoms with Crippen LogP contribution in [0.15, 0.2) is 47.8 Å². The van der Waals surface area contributed by atoms with Gasteiger partial charge in [-0.05, 0) is 23.8 Å². The fourth-order valence-corrected chi connectivity index (χ4v) is 3.83. The molecule has 152 valence electrons. The standard InChI is InChI=1S/C22H25N3O3S/c1-25(2)13-17-8-6-5-7-16(17)12-23-21(26)18-14-29-22(24-18)15-9-10-19(27-3)20(11-15)28-4/h5-11,14H,12-13H2,1-4H3,(H,23,26)/p+1. The Kier molecular flexibility index (Phi) is 6.85. The average Bonchev–Trinajstić information content (AvgIpc) is 3.22. The molecule has 3 aromatic rings. The molecule has 7 heteroatoms. The van der Waals surface area contributed by atoms with Crippen molar-refractivity contribution < 1.29 is 19.2 Å². The van der Waals surface area contributed by atoms with Crippen molar-refractivity contribution in [3.05, 3.63) is 64.7 Å². The number of quaternary nitrogens is 1. The zero-order valence-electron chi connectivity index (χ0n) is 17.1. The summed E-state index contributed by atoms with van der Waals surface area (Å²) in [6.07, 6.45) is 0. The Labute approximate surface area is 175 Å². The first kappa shape index (κ1) is 20.8. The van der Waals surface area contributed by atoms with Crippen molar-refractivity contribution >= 4 is 17.2 Å². The van der Waals surface area contributed by atoms with Crippen LogP contribution in [-0.2, 0) is 13.1 Å². The zero-order valence-corrected chi connectivity index (χ0v) is 17.9. The highest BCUT2D eigenvalue weighted by Gasteiger charge is 2.14. The fraction of sp³-hybridized carbons (Fsp3) is 0.273. The second-order valence-electron chi connectivity index (χ2n) is 6.94. The van der Waals surface area contributed by atoms with Gasteiger partial charge in [0.25, 0.3) is 5.91 Å². The third kappa shape index (κ3) is 5.13. The predicted molar refractivity (Wildman–Crippen MR) is 115 cm³/mol. The number of nitrogens with one attached hydrogen (secondary N) is 2. The largest absolute Gasteiger partial charge is 0.493 e. The van der Waals surface area contributed by atoms with Crippen molar-refractivity contribution in [2.24, 2.45) is 0 Å². The van der Waals surface area contributed by atoms with Crippen LogP contribution in [0.4, 0.5) is 0 Å². The highest BCUT2D eigenvalue weighted by atomic mass is 32.1. The molecule has 0 aliphatic heterocycles. The Morgan fingerprint density at radius 3 is 2.48 bits per heavy atom. The van der Waals surface area contributed by atoms with Crippen LogP contribution >= 0.6 is 11.3 Å². The molecule has 0 spiro atoms. The van der Waals surface area contributed by atoms with E-state index >= 15 is 0 Å². The molecule has 3 rings (SSSR count). The van der Waals surface area contributed by atoms with Gasteiger partial charge in [-0.2, -0.15) is 0 Å². The molecule has 2 N–H and O–H groups in total. The van der Waals surface area contributed by atoms with Crippen LogP contribution in [0.3, 0.4) is 0 Å². The summed E-state index contributed by atoms with van der Waals surface area (Å²) >= 11 is 1.43. The van der Waals surface area contributed by atoms with Crippen LogP contribution < -0.4 is 19.7 Å². The number of hydrogen-bond acceptors (Lipinski definition) is 5. The third-order valence-electron chi connectivity index (χ3n) is 4.47. The maximum atomic E-state index is 12.6. The van der Waals surface area contributed by atoms with Crippen molar-refractivity contribution in [3.63, 3.8) is 0 Å². The zero-order chi connectivity index (χ0) is 20.8. The lowest BCUT2D eigenvalue weighted by atomic mass is 10.1. The van der Waals surface area contributed by atoms with Gasteiger partial charge in [-0.3, -0.25) is 4.79 Å². The molecule has 1 heterocycles. The monoisotopic (exact) mass is 412 g/mol. The van der Waals surface area contributed by atoms with E-state index in [1.165, 1.54) is 21.8 Å². The van der Waals surface area contributed by atoms with E-state index in [0.29, 0.717) is 23.7 Å². The van der Waals surface area contributed by atoms with Crippen LogP contribution in [0, 0.1) is 0 Å². The number of carbonyl (C=O) groups excluding carboxylic acids is 1. The van der Waals surface area contributed by atoms with E-state index in [1.54, 1.807) is 19.6 Å². The molecule has 0 aliphatic carbocycles. The summed E-state index contributed by atoms with van der Waals surface area (Å²) in [7, 11) is 7.42. The molecule has 2 aromatic carbocycles. The minimum atomic E-state index is -0.181. The molecule has 1 amide bonds. The normalized spacial score (nSPS) is 10.8. The number of aromatic nitrogens is 1. The van der Waals surface area contributed by atoms with Crippen molar-refractivity contribution in [1.29, 1.82) is 0 Å². The molecule has 0 bridgehead atoms. The number of carbonyl (C=O) groups is 1. The van der Waals surface area contributed by atoms with E-state index in [-0.39, 0.29) is 5.91 Å². The van der Waals surface area contributed by atoms with Gasteiger partial charge in [0.1, 0.15) is 17.2 Å². The maximum absolute atomic E-state index is 12.6. The highest BCUT2D eigenvalue weighted by molar-refractivity contribution is 7.13. The van der Waals surface area contributed by atoms with Gasteiger partial charge in [0.05, 0.1) is 28.3 Å². The summed E-state index contributed by atoms with van der Waals surface area (Å²) in [4.78, 5) is 18.4. The lowest BCUT2D eigenvalue weighted by Crippen LogP contribution is -3.04. The van der Waals surface area contributed by atoms with Gasteiger partial charge in [-0.1, -0.05) is 24.3 Å². The van der Waals surface area contributed by atoms with E-state index in [4.69, 9.17) is 9.47 Å². The predicted octanol–water partition coefficient (Wildman–Crippen LogP) is 2.40. The van der Waals surface area contributed by atoms with Crippen LogP contribution in [0.2, 0.25) is 0 Å². The molecule has 1 aromatic heterocycles. The van der Waals surface area contributed by atoms with E-state index in [0.717, 1.165) is 22.7 Å². The molecule has 0 fully saturated rings. The Morgan fingerprint density at radius 2 is 1.79 bits per heavy atom. The Morgan fingerprint density at radius 1 is 1.07 bits per heavy atom. The summed E-state index contributed by atoms with van der Waals surface area (Å²) in [5.41, 5.74) is 3.65. The molecular formula is C22H26N3O3S+. The molecule has 0 radical (unpaired) electrons. The van der Waals surface area contributed by atoms with E-state index in [1.807, 2.05) is 30.3 Å². The highest BCUT2D eigenvalue weighted by Crippen LogP contribution is 2.33. The molecule has 0 unspecified atom stereocenters. The number of amides is 1. The summed E-state index contributed by atoms with van der Waals surface area (Å²) in [5.74, 6) is 1.11. The topological polar surface area (TPSA) is 64.9 Å². The second kappa shape index (κ2) is 9.54. The van der Waals surface area contributed by atoms with Gasteiger partial charge in [-0.15, -0.1) is 11.3 Å². The maximum Gasteiger partial charge on any atom is 0.271 e. The number of benzene rings is 2. The SMILES string of the molecule is COc1ccc(-c2nc(C(=O)NCc3ccccc3C[NH+](C)C)cs2)cc1OC. The van der Waals surface area contributed by atoms with Gasteiger partial charge >= 0.3 is 0 Å². The smallest absolute Gasteiger partial charge is 0.271 e. The quantitative estimate of drug-likeness (QED) is 0.596. The van der Waals surface area contributed by atoms with Crippen molar-refractivity contribution in [2.45, 2.75) is 13.1 Å². The first-order valence-electron chi connectivity index (χ1n) is 9.33. The third-order valence-corrected chi connectivity index (χ3v) is 5.36. The first-order valence-corrected chi connectivity index (χ1v) is 10.2. The number of nitrogens with zero attached hydrogens (tertiary/aromatic N) is 1. The molecular weight excluding hydrogens is 386 g/mol. The lowest BCUT2D eigenvalue weighted by Gasteiger charge is -2.12. The summed E-state index contributed by atoms with van der Waals surface area (Å²) in [6.45, 7) is 1.39. The second-order valence-corrected chi connectivity index (χ2v) is 7.80. The number of methoxy groups -OCH3 is 2. The summed E-state index contributed by atoms with van der Waals surface area (Å²) in [5, 5.41) is 5.52. The lowest BCUT2D eigenvalue weighted by molar-refractivity contribution is -0.872. The Balaban J connectivity index is 1.71. The molecule has 29 heavy (non-hydrogen) atoms. The number of hydrogen-bond donors (Lipinski definition) is 2. The van der Waals surface area contributed by atoms with Crippen LogP contribution in [0.5, 0.6) is 11.5 Å². The van der Waals surface area contributed by atoms with Gasteiger partial charge < -0.3 is 19.7 Å². The number of thiazole rings is 1. The summed E-state index contributed by atoms with van der Waals surface area (Å²) < 4.78 is 10.6. The minimum Gasteiger partial charge on any atom is -0.493 e. The van der Waals surface area contributed by atoms with Crippen LogP contribution in [0.25, 0.3) is 10.6 Å².